The molecule has 0 fully saturated rings. The number of benzene rings is 1. The third kappa shape index (κ3) is 4.46. The van der Waals surface area contributed by atoms with Gasteiger partial charge in [-0.3, -0.25) is 4.79 Å². The summed E-state index contributed by atoms with van der Waals surface area (Å²) in [5.41, 5.74) is 2.52. The number of carbonyl (C=O) groups is 1. The zero-order valence-corrected chi connectivity index (χ0v) is 13.5. The smallest absolute Gasteiger partial charge is 0.236 e. The Hall–Kier alpha value is -2.07. The average Bonchev–Trinajstić information content (AvgIpc) is 3.05. The van der Waals surface area contributed by atoms with E-state index in [2.05, 4.69) is 43.4 Å². The lowest BCUT2D eigenvalue weighted by Gasteiger charge is -2.19. The molecule has 1 N–H and O–H groups in total. The van der Waals surface area contributed by atoms with E-state index in [1.807, 2.05) is 12.1 Å². The topological polar surface area (TPSA) is 45.5 Å². The van der Waals surface area contributed by atoms with Gasteiger partial charge in [0.15, 0.2) is 0 Å². The van der Waals surface area contributed by atoms with Crippen LogP contribution in [0.4, 0.5) is 0 Å². The molecule has 118 valence electrons. The van der Waals surface area contributed by atoms with Crippen LogP contribution in [0.1, 0.15) is 36.8 Å². The van der Waals surface area contributed by atoms with Gasteiger partial charge in [-0.2, -0.15) is 0 Å². The molecule has 2 rings (SSSR count). The van der Waals surface area contributed by atoms with Gasteiger partial charge in [-0.05, 0) is 36.6 Å². The van der Waals surface area contributed by atoms with Crippen LogP contribution in [-0.2, 0) is 17.8 Å². The van der Waals surface area contributed by atoms with E-state index in [9.17, 15) is 4.79 Å². The van der Waals surface area contributed by atoms with Gasteiger partial charge in [0.25, 0.3) is 0 Å². The van der Waals surface area contributed by atoms with Crippen LogP contribution in [0, 0.1) is 0 Å². The molecule has 0 unspecified atom stereocenters. The van der Waals surface area contributed by atoms with Crippen LogP contribution < -0.4 is 5.32 Å². The molecule has 0 spiro atoms. The summed E-state index contributed by atoms with van der Waals surface area (Å²) >= 11 is 0. The van der Waals surface area contributed by atoms with Crippen LogP contribution in [0.25, 0.3) is 0 Å². The lowest BCUT2D eigenvalue weighted by Crippen LogP contribution is -2.36. The lowest BCUT2D eigenvalue weighted by atomic mass is 10.1. The molecule has 1 heterocycles. The number of carbonyl (C=O) groups excluding carboxylic acids is 1. The van der Waals surface area contributed by atoms with Crippen molar-refractivity contribution in [2.75, 3.05) is 13.6 Å². The van der Waals surface area contributed by atoms with Crippen molar-refractivity contribution in [3.8, 4) is 0 Å². The largest absolute Gasteiger partial charge is 0.467 e. The number of rotatable bonds is 7. The molecular formula is C18H24N2O2. The highest BCUT2D eigenvalue weighted by molar-refractivity contribution is 5.77. The first-order valence-electron chi connectivity index (χ1n) is 7.68. The Labute approximate surface area is 132 Å². The second-order valence-electron chi connectivity index (χ2n) is 5.53. The first-order chi connectivity index (χ1) is 10.6. The summed E-state index contributed by atoms with van der Waals surface area (Å²) in [6, 6.07) is 12.4. The first kappa shape index (κ1) is 16.3. The van der Waals surface area contributed by atoms with E-state index in [1.165, 1.54) is 11.1 Å². The maximum atomic E-state index is 12.1. The lowest BCUT2D eigenvalue weighted by molar-refractivity contribution is -0.129. The second kappa shape index (κ2) is 7.80. The maximum absolute atomic E-state index is 12.1. The number of furan rings is 1. The molecule has 0 saturated heterocycles. The van der Waals surface area contributed by atoms with Gasteiger partial charge >= 0.3 is 0 Å². The SMILES string of the molecule is CCc1ccc([C@H](C)NCC(=O)N(C)Cc2ccco2)cc1. The maximum Gasteiger partial charge on any atom is 0.236 e. The predicted octanol–water partition coefficient (Wildman–Crippen LogP) is 3.15. The van der Waals surface area contributed by atoms with E-state index in [0.717, 1.165) is 12.2 Å². The van der Waals surface area contributed by atoms with Crippen molar-refractivity contribution < 1.29 is 9.21 Å². The van der Waals surface area contributed by atoms with Crippen molar-refractivity contribution in [1.82, 2.24) is 10.2 Å². The Bertz CT molecular complexity index is 576. The fourth-order valence-corrected chi connectivity index (χ4v) is 2.26. The Morgan fingerprint density at radius 2 is 2.00 bits per heavy atom. The number of likely N-dealkylation sites (N-methyl/N-ethyl adjacent to an activating group) is 1. The van der Waals surface area contributed by atoms with Crippen LogP contribution in [0.3, 0.4) is 0 Å². The van der Waals surface area contributed by atoms with Gasteiger partial charge in [0, 0.05) is 13.1 Å². The predicted molar refractivity (Wildman–Crippen MR) is 87.4 cm³/mol. The minimum absolute atomic E-state index is 0.0495. The third-order valence-electron chi connectivity index (χ3n) is 3.85. The van der Waals surface area contributed by atoms with Crippen molar-refractivity contribution in [3.63, 3.8) is 0 Å². The van der Waals surface area contributed by atoms with Crippen molar-refractivity contribution in [1.29, 1.82) is 0 Å². The van der Waals surface area contributed by atoms with E-state index >= 15 is 0 Å². The summed E-state index contributed by atoms with van der Waals surface area (Å²) in [5, 5.41) is 3.27. The van der Waals surface area contributed by atoms with E-state index < -0.39 is 0 Å². The van der Waals surface area contributed by atoms with Crippen LogP contribution in [-0.4, -0.2) is 24.4 Å². The molecule has 2 aromatic rings. The molecular weight excluding hydrogens is 276 g/mol. The van der Waals surface area contributed by atoms with Crippen molar-refractivity contribution in [2.45, 2.75) is 32.9 Å². The van der Waals surface area contributed by atoms with Gasteiger partial charge in [-0.25, -0.2) is 0 Å². The fraction of sp³-hybridized carbons (Fsp3) is 0.389. The van der Waals surface area contributed by atoms with Crippen molar-refractivity contribution in [3.05, 3.63) is 59.5 Å². The molecule has 4 heteroatoms. The van der Waals surface area contributed by atoms with Crippen LogP contribution in [0.15, 0.2) is 47.1 Å². The average molecular weight is 300 g/mol. The molecule has 0 aliphatic rings. The minimum Gasteiger partial charge on any atom is -0.467 e. The van der Waals surface area contributed by atoms with Crippen molar-refractivity contribution in [2.24, 2.45) is 0 Å². The molecule has 0 bridgehead atoms. The Balaban J connectivity index is 1.81. The van der Waals surface area contributed by atoms with E-state index in [0.29, 0.717) is 13.1 Å². The number of hydrogen-bond acceptors (Lipinski definition) is 3. The quantitative estimate of drug-likeness (QED) is 0.854. The van der Waals surface area contributed by atoms with Gasteiger partial charge in [-0.1, -0.05) is 31.2 Å². The number of nitrogens with one attached hydrogen (secondary N) is 1. The monoisotopic (exact) mass is 300 g/mol. The zero-order chi connectivity index (χ0) is 15.9. The van der Waals surface area contributed by atoms with E-state index in [4.69, 9.17) is 4.42 Å². The molecule has 0 radical (unpaired) electrons. The molecule has 0 saturated carbocycles. The zero-order valence-electron chi connectivity index (χ0n) is 13.5. The van der Waals surface area contributed by atoms with Crippen LogP contribution >= 0.6 is 0 Å². The van der Waals surface area contributed by atoms with Gasteiger partial charge in [0.1, 0.15) is 5.76 Å². The molecule has 1 amide bonds. The molecule has 22 heavy (non-hydrogen) atoms. The van der Waals surface area contributed by atoms with Gasteiger partial charge < -0.3 is 14.6 Å². The molecule has 1 atom stereocenters. The number of amides is 1. The van der Waals surface area contributed by atoms with Gasteiger partial charge in [-0.15, -0.1) is 0 Å². The highest BCUT2D eigenvalue weighted by Crippen LogP contribution is 2.13. The highest BCUT2D eigenvalue weighted by Gasteiger charge is 2.12. The molecule has 1 aromatic heterocycles. The van der Waals surface area contributed by atoms with Crippen LogP contribution in [0.2, 0.25) is 0 Å². The summed E-state index contributed by atoms with van der Waals surface area (Å²) < 4.78 is 5.26. The number of nitrogens with zero attached hydrogens (tertiary/aromatic N) is 1. The molecule has 4 nitrogen and oxygen atoms in total. The number of hydrogen-bond donors (Lipinski definition) is 1. The Morgan fingerprint density at radius 3 is 2.59 bits per heavy atom. The summed E-state index contributed by atoms with van der Waals surface area (Å²) in [6.07, 6.45) is 2.66. The number of aryl methyl sites for hydroxylation is 1. The molecule has 1 aromatic carbocycles. The Kier molecular flexibility index (Phi) is 5.78. The van der Waals surface area contributed by atoms with Gasteiger partial charge in [0.05, 0.1) is 19.4 Å². The first-order valence-corrected chi connectivity index (χ1v) is 7.68. The van der Waals surface area contributed by atoms with Crippen LogP contribution in [0.5, 0.6) is 0 Å². The summed E-state index contributed by atoms with van der Waals surface area (Å²) in [4.78, 5) is 13.8. The third-order valence-corrected chi connectivity index (χ3v) is 3.85. The minimum atomic E-state index is 0.0495. The molecule has 0 aliphatic carbocycles. The van der Waals surface area contributed by atoms with Gasteiger partial charge in [0.2, 0.25) is 5.91 Å². The normalized spacial score (nSPS) is 12.1. The standard InChI is InChI=1S/C18H24N2O2/c1-4-15-7-9-16(10-8-15)14(2)19-12-18(21)20(3)13-17-6-5-11-22-17/h5-11,14,19H,4,12-13H2,1-3H3/t14-/m0/s1. The summed E-state index contributed by atoms with van der Waals surface area (Å²) in [6.45, 7) is 5.02. The summed E-state index contributed by atoms with van der Waals surface area (Å²) in [5.74, 6) is 0.840. The summed E-state index contributed by atoms with van der Waals surface area (Å²) in [7, 11) is 1.78. The second-order valence-corrected chi connectivity index (χ2v) is 5.53. The highest BCUT2D eigenvalue weighted by atomic mass is 16.3. The fourth-order valence-electron chi connectivity index (χ4n) is 2.26. The van der Waals surface area contributed by atoms with E-state index in [-0.39, 0.29) is 11.9 Å². The Morgan fingerprint density at radius 1 is 1.27 bits per heavy atom. The van der Waals surface area contributed by atoms with E-state index in [1.54, 1.807) is 18.2 Å². The van der Waals surface area contributed by atoms with Crippen molar-refractivity contribution >= 4 is 5.91 Å². The molecule has 0 aliphatic heterocycles.